The average molecular weight is 354 g/mol. The zero-order chi connectivity index (χ0) is 18.0. The van der Waals surface area contributed by atoms with Gasteiger partial charge in [0.25, 0.3) is 0 Å². The lowest BCUT2D eigenvalue weighted by molar-refractivity contribution is -0.111. The summed E-state index contributed by atoms with van der Waals surface area (Å²) in [5.74, 6) is -0.577. The van der Waals surface area contributed by atoms with Gasteiger partial charge >= 0.3 is 0 Å². The molecule has 128 valence electrons. The average Bonchev–Trinajstić information content (AvgIpc) is 2.93. The number of benzene rings is 2. The molecule has 0 spiro atoms. The van der Waals surface area contributed by atoms with Gasteiger partial charge in [0.05, 0.1) is 10.2 Å². The van der Waals surface area contributed by atoms with Crippen LogP contribution in [0, 0.1) is 5.82 Å². The van der Waals surface area contributed by atoms with Crippen molar-refractivity contribution in [3.05, 3.63) is 65.5 Å². The SMILES string of the molecule is CC(C)(C)c1ccc(/C=C/C(=O)Nc2nc3ccc(F)cc3s2)cc1. The van der Waals surface area contributed by atoms with Crippen LogP contribution in [0.25, 0.3) is 16.3 Å². The molecule has 1 heterocycles. The molecule has 0 saturated carbocycles. The fraction of sp³-hybridized carbons (Fsp3) is 0.200. The van der Waals surface area contributed by atoms with E-state index < -0.39 is 0 Å². The molecule has 2 aromatic carbocycles. The summed E-state index contributed by atoms with van der Waals surface area (Å²) in [6, 6.07) is 12.5. The maximum absolute atomic E-state index is 13.2. The van der Waals surface area contributed by atoms with Crippen LogP contribution in [0.15, 0.2) is 48.5 Å². The van der Waals surface area contributed by atoms with Crippen LogP contribution in [0.5, 0.6) is 0 Å². The van der Waals surface area contributed by atoms with Crippen molar-refractivity contribution < 1.29 is 9.18 Å². The Kier molecular flexibility index (Phi) is 4.68. The molecular weight excluding hydrogens is 335 g/mol. The highest BCUT2D eigenvalue weighted by Crippen LogP contribution is 2.26. The molecule has 0 bridgehead atoms. The number of nitrogens with one attached hydrogen (secondary N) is 1. The highest BCUT2D eigenvalue weighted by molar-refractivity contribution is 7.22. The smallest absolute Gasteiger partial charge is 0.250 e. The molecule has 0 saturated heterocycles. The Bertz CT molecular complexity index is 936. The Labute approximate surface area is 150 Å². The Balaban J connectivity index is 1.67. The molecule has 1 amide bonds. The van der Waals surface area contributed by atoms with Gasteiger partial charge in [0.1, 0.15) is 5.82 Å². The molecule has 25 heavy (non-hydrogen) atoms. The minimum absolute atomic E-state index is 0.103. The number of nitrogens with zero attached hydrogens (tertiary/aromatic N) is 1. The normalized spacial score (nSPS) is 12.0. The third-order valence-electron chi connectivity index (χ3n) is 3.78. The van der Waals surface area contributed by atoms with Gasteiger partial charge in [-0.2, -0.15) is 0 Å². The molecule has 0 aliphatic rings. The molecule has 3 nitrogen and oxygen atoms in total. The Morgan fingerprint density at radius 3 is 2.56 bits per heavy atom. The number of rotatable bonds is 3. The van der Waals surface area contributed by atoms with Crippen molar-refractivity contribution in [1.82, 2.24) is 4.98 Å². The van der Waals surface area contributed by atoms with Crippen LogP contribution in [-0.4, -0.2) is 10.9 Å². The van der Waals surface area contributed by atoms with Gasteiger partial charge in [0.2, 0.25) is 5.91 Å². The molecule has 3 aromatic rings. The summed E-state index contributed by atoms with van der Waals surface area (Å²) in [4.78, 5) is 16.3. The molecule has 0 atom stereocenters. The fourth-order valence-electron chi connectivity index (χ4n) is 2.37. The quantitative estimate of drug-likeness (QED) is 0.641. The number of carbonyl (C=O) groups excluding carboxylic acids is 1. The van der Waals surface area contributed by atoms with Gasteiger partial charge < -0.3 is 0 Å². The largest absolute Gasteiger partial charge is 0.298 e. The van der Waals surface area contributed by atoms with Crippen LogP contribution in [0.4, 0.5) is 9.52 Å². The first-order chi connectivity index (χ1) is 11.8. The van der Waals surface area contributed by atoms with E-state index in [2.05, 4.69) is 43.2 Å². The van der Waals surface area contributed by atoms with E-state index in [1.807, 2.05) is 12.1 Å². The van der Waals surface area contributed by atoms with E-state index in [1.54, 1.807) is 12.1 Å². The van der Waals surface area contributed by atoms with E-state index in [-0.39, 0.29) is 17.1 Å². The van der Waals surface area contributed by atoms with Crippen molar-refractivity contribution in [1.29, 1.82) is 0 Å². The maximum atomic E-state index is 13.2. The van der Waals surface area contributed by atoms with Gasteiger partial charge in [0, 0.05) is 6.08 Å². The summed E-state index contributed by atoms with van der Waals surface area (Å²) in [6.07, 6.45) is 3.23. The van der Waals surface area contributed by atoms with Crippen molar-refractivity contribution in [2.24, 2.45) is 0 Å². The number of amides is 1. The Morgan fingerprint density at radius 1 is 1.16 bits per heavy atom. The number of hydrogen-bond donors (Lipinski definition) is 1. The molecule has 0 fully saturated rings. The van der Waals surface area contributed by atoms with Crippen molar-refractivity contribution in [2.75, 3.05) is 5.32 Å². The molecule has 0 aliphatic heterocycles. The van der Waals surface area contributed by atoms with Crippen LogP contribution in [-0.2, 0) is 10.2 Å². The molecule has 0 aliphatic carbocycles. The highest BCUT2D eigenvalue weighted by atomic mass is 32.1. The van der Waals surface area contributed by atoms with E-state index in [9.17, 15) is 9.18 Å². The number of carbonyl (C=O) groups is 1. The lowest BCUT2D eigenvalue weighted by Gasteiger charge is -2.18. The van der Waals surface area contributed by atoms with Crippen molar-refractivity contribution >= 4 is 38.7 Å². The lowest BCUT2D eigenvalue weighted by atomic mass is 9.87. The standard InChI is InChI=1S/C20H19FN2OS/c1-20(2,3)14-7-4-13(5-8-14)6-11-18(24)23-19-22-16-10-9-15(21)12-17(16)25-19/h4-12H,1-3H3,(H,22,23,24)/b11-6+. The number of halogens is 1. The zero-order valence-corrected chi connectivity index (χ0v) is 15.2. The monoisotopic (exact) mass is 354 g/mol. The summed E-state index contributed by atoms with van der Waals surface area (Å²) in [6.45, 7) is 6.49. The minimum atomic E-state index is -0.312. The molecule has 5 heteroatoms. The Morgan fingerprint density at radius 2 is 1.88 bits per heavy atom. The van der Waals surface area contributed by atoms with Crippen LogP contribution in [0.2, 0.25) is 0 Å². The first kappa shape index (κ1) is 17.3. The van der Waals surface area contributed by atoms with Gasteiger partial charge in [-0.05, 0) is 40.8 Å². The van der Waals surface area contributed by atoms with Crippen molar-refractivity contribution in [2.45, 2.75) is 26.2 Å². The van der Waals surface area contributed by atoms with Crippen molar-refractivity contribution in [3.8, 4) is 0 Å². The Hall–Kier alpha value is -2.53. The minimum Gasteiger partial charge on any atom is -0.298 e. The van der Waals surface area contributed by atoms with E-state index >= 15 is 0 Å². The third kappa shape index (κ3) is 4.31. The van der Waals surface area contributed by atoms with E-state index in [4.69, 9.17) is 0 Å². The van der Waals surface area contributed by atoms with Gasteiger partial charge in [-0.3, -0.25) is 10.1 Å². The van der Waals surface area contributed by atoms with E-state index in [1.165, 1.54) is 35.1 Å². The molecule has 0 radical (unpaired) electrons. The second-order valence-electron chi connectivity index (χ2n) is 6.83. The van der Waals surface area contributed by atoms with Gasteiger partial charge in [0.15, 0.2) is 5.13 Å². The second kappa shape index (κ2) is 6.76. The van der Waals surface area contributed by atoms with Crippen LogP contribution in [0.3, 0.4) is 0 Å². The molecule has 1 aromatic heterocycles. The number of fused-ring (bicyclic) bond motifs is 1. The topological polar surface area (TPSA) is 42.0 Å². The highest BCUT2D eigenvalue weighted by Gasteiger charge is 2.12. The lowest BCUT2D eigenvalue weighted by Crippen LogP contribution is -2.10. The van der Waals surface area contributed by atoms with Gasteiger partial charge in [-0.15, -0.1) is 0 Å². The summed E-state index contributed by atoms with van der Waals surface area (Å²) >= 11 is 1.25. The maximum Gasteiger partial charge on any atom is 0.250 e. The first-order valence-electron chi connectivity index (χ1n) is 7.97. The molecule has 0 unspecified atom stereocenters. The van der Waals surface area contributed by atoms with E-state index in [0.717, 1.165) is 5.56 Å². The molecule has 3 rings (SSSR count). The number of aromatic nitrogens is 1. The summed E-state index contributed by atoms with van der Waals surface area (Å²) in [5.41, 5.74) is 2.97. The molecule has 1 N–H and O–H groups in total. The number of anilines is 1. The zero-order valence-electron chi connectivity index (χ0n) is 14.3. The van der Waals surface area contributed by atoms with Crippen LogP contribution < -0.4 is 5.32 Å². The summed E-state index contributed by atoms with van der Waals surface area (Å²) in [7, 11) is 0. The van der Waals surface area contributed by atoms with E-state index in [0.29, 0.717) is 15.3 Å². The summed E-state index contributed by atoms with van der Waals surface area (Å²) in [5, 5.41) is 3.17. The first-order valence-corrected chi connectivity index (χ1v) is 8.79. The second-order valence-corrected chi connectivity index (χ2v) is 7.86. The van der Waals surface area contributed by atoms with Crippen LogP contribution in [0.1, 0.15) is 31.9 Å². The third-order valence-corrected chi connectivity index (χ3v) is 4.72. The van der Waals surface area contributed by atoms with Gasteiger partial charge in [-0.25, -0.2) is 9.37 Å². The van der Waals surface area contributed by atoms with Gasteiger partial charge in [-0.1, -0.05) is 56.4 Å². The summed E-state index contributed by atoms with van der Waals surface area (Å²) < 4.78 is 13.9. The van der Waals surface area contributed by atoms with Crippen molar-refractivity contribution in [3.63, 3.8) is 0 Å². The fourth-order valence-corrected chi connectivity index (χ4v) is 3.26. The predicted molar refractivity (Wildman–Crippen MR) is 102 cm³/mol. The predicted octanol–water partition coefficient (Wildman–Crippen LogP) is 5.38. The number of hydrogen-bond acceptors (Lipinski definition) is 3. The van der Waals surface area contributed by atoms with Crippen LogP contribution >= 0.6 is 11.3 Å². The number of thiazole rings is 1. The molecular formula is C20H19FN2OS.